The van der Waals surface area contributed by atoms with Crippen molar-refractivity contribution >= 4 is 0 Å². The molecule has 1 heteroatoms. The summed E-state index contributed by atoms with van der Waals surface area (Å²) in [7, 11) is 0. The summed E-state index contributed by atoms with van der Waals surface area (Å²) in [4.78, 5) is 0. The van der Waals surface area contributed by atoms with Gasteiger partial charge in [-0.2, -0.15) is 0 Å². The highest BCUT2D eigenvalue weighted by atomic mass is 16.5. The molecule has 4 aliphatic rings. The van der Waals surface area contributed by atoms with E-state index in [9.17, 15) is 0 Å². The van der Waals surface area contributed by atoms with Crippen LogP contribution in [-0.4, -0.2) is 13.2 Å². The van der Waals surface area contributed by atoms with Crippen molar-refractivity contribution in [1.82, 2.24) is 0 Å². The van der Waals surface area contributed by atoms with Gasteiger partial charge in [0.15, 0.2) is 0 Å². The minimum Gasteiger partial charge on any atom is -0.381 e. The molecule has 4 aliphatic carbocycles. The van der Waals surface area contributed by atoms with Crippen LogP contribution in [0.25, 0.3) is 0 Å². The zero-order valence-electron chi connectivity index (χ0n) is 30.0. The predicted molar refractivity (Wildman–Crippen MR) is 188 cm³/mol. The summed E-state index contributed by atoms with van der Waals surface area (Å²) in [5.41, 5.74) is 0. The van der Waals surface area contributed by atoms with E-state index < -0.39 is 0 Å². The van der Waals surface area contributed by atoms with E-state index in [1.165, 1.54) is 167 Å². The third-order valence-corrected chi connectivity index (χ3v) is 13.9. The van der Waals surface area contributed by atoms with Gasteiger partial charge in [-0.05, 0) is 123 Å². The Morgan fingerprint density at radius 2 is 0.767 bits per heavy atom. The van der Waals surface area contributed by atoms with Crippen molar-refractivity contribution in [2.75, 3.05) is 13.2 Å². The summed E-state index contributed by atoms with van der Waals surface area (Å²) in [6.07, 6.45) is 38.5. The first-order valence-electron chi connectivity index (χ1n) is 20.6. The van der Waals surface area contributed by atoms with E-state index in [4.69, 9.17) is 4.74 Å². The minimum absolute atomic E-state index is 0.947. The lowest BCUT2D eigenvalue weighted by molar-refractivity contribution is 0.0382. The molecule has 4 fully saturated rings. The van der Waals surface area contributed by atoms with Gasteiger partial charge in [0.2, 0.25) is 0 Å². The molecule has 0 aromatic rings. The zero-order valence-corrected chi connectivity index (χ0v) is 30.0. The number of unbranched alkanes of at least 4 members (excludes halogenated alkanes) is 4. The fourth-order valence-electron chi connectivity index (χ4n) is 10.9. The van der Waals surface area contributed by atoms with E-state index in [0.717, 1.165) is 72.4 Å². The Labute approximate surface area is 271 Å². The van der Waals surface area contributed by atoms with E-state index in [0.29, 0.717) is 0 Å². The smallest absolute Gasteiger partial charge is 0.0468 e. The molecule has 0 saturated heterocycles. The van der Waals surface area contributed by atoms with Gasteiger partial charge in [-0.3, -0.25) is 0 Å². The van der Waals surface area contributed by atoms with Gasteiger partial charge in [0.05, 0.1) is 0 Å². The molecular weight excluding hydrogens is 520 g/mol. The van der Waals surface area contributed by atoms with Crippen molar-refractivity contribution in [1.29, 1.82) is 0 Å². The van der Waals surface area contributed by atoms with Crippen LogP contribution in [0.2, 0.25) is 0 Å². The van der Waals surface area contributed by atoms with Crippen LogP contribution in [0, 0.1) is 59.2 Å². The van der Waals surface area contributed by atoms with Crippen LogP contribution in [0.15, 0.2) is 0 Å². The van der Waals surface area contributed by atoms with Gasteiger partial charge >= 0.3 is 0 Å². The van der Waals surface area contributed by atoms with E-state index in [-0.39, 0.29) is 0 Å². The molecule has 0 spiro atoms. The molecule has 1 nitrogen and oxygen atoms in total. The van der Waals surface area contributed by atoms with Crippen LogP contribution >= 0.6 is 0 Å². The molecule has 252 valence electrons. The molecule has 0 radical (unpaired) electrons. The van der Waals surface area contributed by atoms with Crippen LogP contribution in [0.4, 0.5) is 0 Å². The van der Waals surface area contributed by atoms with Crippen LogP contribution in [-0.2, 0) is 4.74 Å². The fourth-order valence-corrected chi connectivity index (χ4v) is 10.9. The molecule has 4 saturated carbocycles. The Hall–Kier alpha value is -0.0400. The molecule has 0 heterocycles. The average molecular weight is 599 g/mol. The van der Waals surface area contributed by atoms with Crippen molar-refractivity contribution < 1.29 is 4.74 Å². The van der Waals surface area contributed by atoms with E-state index in [1.807, 2.05) is 0 Å². The van der Waals surface area contributed by atoms with Gasteiger partial charge in [-0.1, -0.05) is 130 Å². The van der Waals surface area contributed by atoms with Gasteiger partial charge < -0.3 is 4.74 Å². The lowest BCUT2D eigenvalue weighted by atomic mass is 9.65. The summed E-state index contributed by atoms with van der Waals surface area (Å²) >= 11 is 0. The predicted octanol–water partition coefficient (Wildman–Crippen LogP) is 13.4. The lowest BCUT2D eigenvalue weighted by Crippen LogP contribution is -2.32. The highest BCUT2D eigenvalue weighted by Gasteiger charge is 2.36. The number of hydrogen-bond acceptors (Lipinski definition) is 1. The Morgan fingerprint density at radius 3 is 1.09 bits per heavy atom. The Bertz CT molecular complexity index is 611. The highest BCUT2D eigenvalue weighted by Crippen LogP contribution is 2.46. The number of hydrogen-bond donors (Lipinski definition) is 0. The SMILES string of the molecule is CCCCCC1CCC(C(CCOCCC(C2CCC(C)CC2)C2CCC(CCCCC)CC2)C2CCC(C)CC2)CC1. The second kappa shape index (κ2) is 20.3. The first kappa shape index (κ1) is 35.8. The van der Waals surface area contributed by atoms with Crippen LogP contribution in [0.3, 0.4) is 0 Å². The lowest BCUT2D eigenvalue weighted by Gasteiger charge is -2.41. The zero-order chi connectivity index (χ0) is 30.3. The summed E-state index contributed by atoms with van der Waals surface area (Å²) in [6, 6.07) is 0. The molecule has 2 atom stereocenters. The minimum atomic E-state index is 0.947. The van der Waals surface area contributed by atoms with Gasteiger partial charge in [0, 0.05) is 13.2 Å². The van der Waals surface area contributed by atoms with Crippen molar-refractivity contribution in [2.45, 2.75) is 195 Å². The van der Waals surface area contributed by atoms with E-state index in [2.05, 4.69) is 27.7 Å². The van der Waals surface area contributed by atoms with E-state index in [1.54, 1.807) is 0 Å². The number of rotatable bonds is 18. The standard InChI is InChI=1S/C42H78O/c1-5-7-9-11-35-17-25-39(26-18-35)41(37-21-13-33(3)14-22-37)29-31-43-32-30-42(38-23-15-34(4)16-24-38)40-27-19-36(20-28-40)12-10-8-6-2/h33-42H,5-32H2,1-4H3. The maximum absolute atomic E-state index is 6.67. The largest absolute Gasteiger partial charge is 0.381 e. The summed E-state index contributed by atoms with van der Waals surface area (Å²) in [6.45, 7) is 11.8. The molecular formula is C42H78O. The molecule has 0 N–H and O–H groups in total. The maximum atomic E-state index is 6.67. The summed E-state index contributed by atoms with van der Waals surface area (Å²) < 4.78 is 6.67. The maximum Gasteiger partial charge on any atom is 0.0468 e. The Kier molecular flexibility index (Phi) is 16.9. The fraction of sp³-hybridized carbons (Fsp3) is 1.00. The quantitative estimate of drug-likeness (QED) is 0.143. The van der Waals surface area contributed by atoms with Crippen molar-refractivity contribution in [3.05, 3.63) is 0 Å². The topological polar surface area (TPSA) is 9.23 Å². The normalized spacial score (nSPS) is 35.4. The van der Waals surface area contributed by atoms with Crippen molar-refractivity contribution in [2.24, 2.45) is 59.2 Å². The molecule has 0 bridgehead atoms. The molecule has 0 amide bonds. The van der Waals surface area contributed by atoms with Crippen LogP contribution in [0.5, 0.6) is 0 Å². The van der Waals surface area contributed by atoms with Crippen molar-refractivity contribution in [3.63, 3.8) is 0 Å². The van der Waals surface area contributed by atoms with Crippen LogP contribution in [0.1, 0.15) is 195 Å². The Balaban J connectivity index is 1.24. The highest BCUT2D eigenvalue weighted by molar-refractivity contribution is 4.86. The monoisotopic (exact) mass is 599 g/mol. The van der Waals surface area contributed by atoms with Gasteiger partial charge in [-0.15, -0.1) is 0 Å². The molecule has 0 aromatic heterocycles. The van der Waals surface area contributed by atoms with Crippen LogP contribution < -0.4 is 0 Å². The molecule has 0 aromatic carbocycles. The molecule has 2 unspecified atom stereocenters. The summed E-state index contributed by atoms with van der Waals surface area (Å²) in [5.74, 6) is 9.88. The van der Waals surface area contributed by atoms with Gasteiger partial charge in [0.25, 0.3) is 0 Å². The first-order valence-corrected chi connectivity index (χ1v) is 20.6. The third-order valence-electron chi connectivity index (χ3n) is 13.9. The molecule has 4 rings (SSSR count). The molecule has 43 heavy (non-hydrogen) atoms. The van der Waals surface area contributed by atoms with E-state index >= 15 is 0 Å². The first-order chi connectivity index (χ1) is 21.1. The Morgan fingerprint density at radius 1 is 0.442 bits per heavy atom. The third kappa shape index (κ3) is 12.2. The summed E-state index contributed by atoms with van der Waals surface area (Å²) in [5, 5.41) is 0. The van der Waals surface area contributed by atoms with Crippen molar-refractivity contribution in [3.8, 4) is 0 Å². The average Bonchev–Trinajstić information content (AvgIpc) is 3.03. The second-order valence-corrected chi connectivity index (χ2v) is 17.1. The molecule has 0 aliphatic heterocycles. The van der Waals surface area contributed by atoms with Gasteiger partial charge in [0.1, 0.15) is 0 Å². The van der Waals surface area contributed by atoms with Gasteiger partial charge in [-0.25, -0.2) is 0 Å². The number of ether oxygens (including phenoxy) is 1. The second-order valence-electron chi connectivity index (χ2n) is 17.1.